The molecule has 0 radical (unpaired) electrons. The summed E-state index contributed by atoms with van der Waals surface area (Å²) in [5.74, 6) is 1.86. The third-order valence-electron chi connectivity index (χ3n) is 4.50. The molecule has 2 aromatic rings. The highest BCUT2D eigenvalue weighted by atomic mass is 16.5. The molecule has 0 saturated heterocycles. The van der Waals surface area contributed by atoms with Crippen molar-refractivity contribution >= 4 is 17.5 Å². The Morgan fingerprint density at radius 3 is 2.96 bits per heavy atom. The number of hydrogen-bond acceptors (Lipinski definition) is 6. The predicted molar refractivity (Wildman–Crippen MR) is 91.6 cm³/mol. The number of amides is 2. The second kappa shape index (κ2) is 6.78. The van der Waals surface area contributed by atoms with Gasteiger partial charge in [0.15, 0.2) is 11.9 Å². The van der Waals surface area contributed by atoms with Crippen LogP contribution in [0.1, 0.15) is 43.8 Å². The number of nitrogens with one attached hydrogen (secondary N) is 1. The average molecular weight is 356 g/mol. The molecular formula is C18H20N4O4. The van der Waals surface area contributed by atoms with Crippen LogP contribution in [0, 0.1) is 0 Å². The number of hydrogen-bond donors (Lipinski definition) is 1. The molecule has 2 heterocycles. The number of benzene rings is 1. The van der Waals surface area contributed by atoms with Crippen LogP contribution in [0.5, 0.6) is 5.75 Å². The van der Waals surface area contributed by atoms with Crippen LogP contribution in [0.25, 0.3) is 0 Å². The molecule has 1 aliphatic carbocycles. The summed E-state index contributed by atoms with van der Waals surface area (Å²) >= 11 is 0. The van der Waals surface area contributed by atoms with E-state index in [1.165, 1.54) is 0 Å². The normalized spacial score (nSPS) is 19.0. The van der Waals surface area contributed by atoms with Crippen LogP contribution in [0.2, 0.25) is 0 Å². The number of carbonyl (C=O) groups is 2. The molecule has 1 unspecified atom stereocenters. The molecule has 1 aromatic carbocycles. The van der Waals surface area contributed by atoms with Gasteiger partial charge in [0.1, 0.15) is 5.75 Å². The van der Waals surface area contributed by atoms with Crippen LogP contribution in [0.3, 0.4) is 0 Å². The van der Waals surface area contributed by atoms with Gasteiger partial charge in [-0.3, -0.25) is 9.59 Å². The molecule has 4 rings (SSSR count). The molecule has 2 amide bonds. The summed E-state index contributed by atoms with van der Waals surface area (Å²) in [6.07, 6.45) is 1.81. The third kappa shape index (κ3) is 3.40. The second-order valence-electron chi connectivity index (χ2n) is 6.56. The molecule has 1 aliphatic heterocycles. The highest BCUT2D eigenvalue weighted by Gasteiger charge is 2.31. The number of aromatic nitrogens is 2. The fourth-order valence-corrected chi connectivity index (χ4v) is 2.91. The molecule has 8 nitrogen and oxygen atoms in total. The Balaban J connectivity index is 1.32. The Morgan fingerprint density at radius 1 is 1.35 bits per heavy atom. The molecule has 1 aromatic heterocycles. The maximum Gasteiger partial charge on any atom is 0.267 e. The van der Waals surface area contributed by atoms with E-state index in [2.05, 4.69) is 15.5 Å². The van der Waals surface area contributed by atoms with Gasteiger partial charge in [0, 0.05) is 18.9 Å². The standard InChI is InChI=1S/C18H20N4O4/c1-11-18(24)22(13-4-2-3-5-14(13)25-11)9-8-15(23)19-10-16-20-17(21-26-16)12-6-7-12/h2-5,11-12H,6-10H2,1H3,(H,19,23). The van der Waals surface area contributed by atoms with Crippen LogP contribution in [0.15, 0.2) is 28.8 Å². The van der Waals surface area contributed by atoms with Crippen molar-refractivity contribution in [2.45, 2.75) is 44.8 Å². The summed E-state index contributed by atoms with van der Waals surface area (Å²) in [5, 5.41) is 6.67. The molecule has 26 heavy (non-hydrogen) atoms. The minimum absolute atomic E-state index is 0.150. The lowest BCUT2D eigenvalue weighted by atomic mass is 10.1. The van der Waals surface area contributed by atoms with Crippen molar-refractivity contribution in [3.63, 3.8) is 0 Å². The van der Waals surface area contributed by atoms with Gasteiger partial charge < -0.3 is 19.5 Å². The van der Waals surface area contributed by atoms with E-state index in [4.69, 9.17) is 9.26 Å². The second-order valence-corrected chi connectivity index (χ2v) is 6.56. The number of rotatable bonds is 6. The van der Waals surface area contributed by atoms with Crippen LogP contribution >= 0.6 is 0 Å². The number of para-hydroxylation sites is 2. The zero-order valence-electron chi connectivity index (χ0n) is 14.5. The minimum Gasteiger partial charge on any atom is -0.479 e. The van der Waals surface area contributed by atoms with E-state index >= 15 is 0 Å². The first-order chi connectivity index (χ1) is 12.6. The van der Waals surface area contributed by atoms with Crippen molar-refractivity contribution in [2.75, 3.05) is 11.4 Å². The maximum absolute atomic E-state index is 12.4. The number of ether oxygens (including phenoxy) is 1. The van der Waals surface area contributed by atoms with Gasteiger partial charge in [-0.2, -0.15) is 4.98 Å². The first-order valence-corrected chi connectivity index (χ1v) is 8.78. The number of nitrogens with zero attached hydrogens (tertiary/aromatic N) is 3. The zero-order chi connectivity index (χ0) is 18.1. The molecule has 0 spiro atoms. The van der Waals surface area contributed by atoms with Crippen molar-refractivity contribution < 1.29 is 18.8 Å². The lowest BCUT2D eigenvalue weighted by Gasteiger charge is -2.32. The van der Waals surface area contributed by atoms with Gasteiger partial charge in [-0.25, -0.2) is 0 Å². The molecule has 1 fully saturated rings. The lowest BCUT2D eigenvalue weighted by molar-refractivity contribution is -0.125. The smallest absolute Gasteiger partial charge is 0.267 e. The summed E-state index contributed by atoms with van der Waals surface area (Å²) in [6, 6.07) is 7.32. The summed E-state index contributed by atoms with van der Waals surface area (Å²) in [5.41, 5.74) is 0.689. The van der Waals surface area contributed by atoms with E-state index in [0.29, 0.717) is 23.2 Å². The first kappa shape index (κ1) is 16.6. The molecule has 2 aliphatic rings. The summed E-state index contributed by atoms with van der Waals surface area (Å²) in [6.45, 7) is 2.19. The fraction of sp³-hybridized carbons (Fsp3) is 0.444. The number of fused-ring (bicyclic) bond motifs is 1. The van der Waals surface area contributed by atoms with E-state index < -0.39 is 6.10 Å². The van der Waals surface area contributed by atoms with Crippen molar-refractivity contribution in [1.82, 2.24) is 15.5 Å². The molecular weight excluding hydrogens is 336 g/mol. The molecule has 1 atom stereocenters. The fourth-order valence-electron chi connectivity index (χ4n) is 2.91. The topological polar surface area (TPSA) is 97.6 Å². The van der Waals surface area contributed by atoms with Gasteiger partial charge in [0.2, 0.25) is 11.8 Å². The van der Waals surface area contributed by atoms with Crippen LogP contribution in [0.4, 0.5) is 5.69 Å². The van der Waals surface area contributed by atoms with Gasteiger partial charge in [-0.05, 0) is 31.9 Å². The van der Waals surface area contributed by atoms with Crippen molar-refractivity contribution in [1.29, 1.82) is 0 Å². The largest absolute Gasteiger partial charge is 0.479 e. The van der Waals surface area contributed by atoms with Crippen LogP contribution in [-0.2, 0) is 16.1 Å². The zero-order valence-corrected chi connectivity index (χ0v) is 14.5. The quantitative estimate of drug-likeness (QED) is 0.847. The monoisotopic (exact) mass is 356 g/mol. The lowest BCUT2D eigenvalue weighted by Crippen LogP contribution is -2.45. The van der Waals surface area contributed by atoms with E-state index in [-0.39, 0.29) is 31.3 Å². The molecule has 1 N–H and O–H groups in total. The maximum atomic E-state index is 12.4. The Bertz CT molecular complexity index is 830. The van der Waals surface area contributed by atoms with Gasteiger partial charge in [-0.1, -0.05) is 17.3 Å². The van der Waals surface area contributed by atoms with Crippen LogP contribution in [-0.4, -0.2) is 34.6 Å². The average Bonchev–Trinajstić information content (AvgIpc) is 3.39. The Labute approximate surface area is 150 Å². The summed E-state index contributed by atoms with van der Waals surface area (Å²) in [4.78, 5) is 30.4. The summed E-state index contributed by atoms with van der Waals surface area (Å²) in [7, 11) is 0. The number of carbonyl (C=O) groups excluding carboxylic acids is 2. The van der Waals surface area contributed by atoms with Crippen molar-refractivity contribution in [3.8, 4) is 5.75 Å². The van der Waals surface area contributed by atoms with Gasteiger partial charge in [0.05, 0.1) is 12.2 Å². The molecule has 1 saturated carbocycles. The van der Waals surface area contributed by atoms with E-state index in [1.54, 1.807) is 11.8 Å². The van der Waals surface area contributed by atoms with Gasteiger partial charge in [-0.15, -0.1) is 0 Å². The highest BCUT2D eigenvalue weighted by molar-refractivity contribution is 6.00. The van der Waals surface area contributed by atoms with Gasteiger partial charge >= 0.3 is 0 Å². The first-order valence-electron chi connectivity index (χ1n) is 8.78. The van der Waals surface area contributed by atoms with E-state index in [0.717, 1.165) is 18.7 Å². The minimum atomic E-state index is -0.563. The SMILES string of the molecule is CC1Oc2ccccc2N(CCC(=O)NCc2nc(C3CC3)no2)C1=O. The predicted octanol–water partition coefficient (Wildman–Crippen LogP) is 1.77. The Kier molecular flexibility index (Phi) is 4.32. The van der Waals surface area contributed by atoms with Crippen molar-refractivity contribution in [2.24, 2.45) is 0 Å². The highest BCUT2D eigenvalue weighted by Crippen LogP contribution is 2.38. The van der Waals surface area contributed by atoms with E-state index in [1.807, 2.05) is 24.3 Å². The Hall–Kier alpha value is -2.90. The molecule has 136 valence electrons. The third-order valence-corrected chi connectivity index (χ3v) is 4.50. The van der Waals surface area contributed by atoms with Gasteiger partial charge in [0.25, 0.3) is 5.91 Å². The molecule has 8 heteroatoms. The summed E-state index contributed by atoms with van der Waals surface area (Å²) < 4.78 is 10.7. The number of anilines is 1. The van der Waals surface area contributed by atoms with E-state index in [9.17, 15) is 9.59 Å². The van der Waals surface area contributed by atoms with Crippen LogP contribution < -0.4 is 15.0 Å². The Morgan fingerprint density at radius 2 is 2.15 bits per heavy atom. The van der Waals surface area contributed by atoms with Crippen molar-refractivity contribution in [3.05, 3.63) is 36.0 Å². The molecule has 0 bridgehead atoms.